The van der Waals surface area contributed by atoms with Crippen LogP contribution in [0.2, 0.25) is 0 Å². The normalized spacial score (nSPS) is 14.7. The summed E-state index contributed by atoms with van der Waals surface area (Å²) in [4.78, 5) is 21.8. The number of nitrogens with zero attached hydrogens (tertiary/aromatic N) is 3. The summed E-state index contributed by atoms with van der Waals surface area (Å²) in [6, 6.07) is 4.50. The van der Waals surface area contributed by atoms with Crippen LogP contribution >= 0.6 is 22.6 Å². The molecule has 0 aliphatic carbocycles. The van der Waals surface area contributed by atoms with Gasteiger partial charge in [-0.1, -0.05) is 86.8 Å². The zero-order valence-corrected chi connectivity index (χ0v) is 23.3. The Morgan fingerprint density at radius 1 is 0.879 bits per heavy atom. The van der Waals surface area contributed by atoms with Gasteiger partial charge < -0.3 is 10.2 Å². The number of hydrogen-bond donors (Lipinski definition) is 1. The molecule has 0 atom stereocenters. The van der Waals surface area contributed by atoms with E-state index in [2.05, 4.69) is 56.5 Å². The van der Waals surface area contributed by atoms with Crippen molar-refractivity contribution < 1.29 is 4.79 Å². The fraction of sp³-hybridized carbons (Fsp3) is 0.778. The third kappa shape index (κ3) is 11.9. The highest BCUT2D eigenvalue weighted by atomic mass is 127. The molecule has 0 aromatic carbocycles. The standard InChI is InChI=1S/C27H47IN4O/c1-24(2)31-19-21-32(22-20-31)26-16-15-25(23-30-26)27(33)29-18-14-12-10-8-6-4-3-5-7-9-11-13-17-28/h15-16,23-24H,3-14,17-22H2,1-2H3,(H,29,33). The van der Waals surface area contributed by atoms with E-state index in [1.807, 2.05) is 12.1 Å². The van der Waals surface area contributed by atoms with Crippen molar-refractivity contribution in [2.75, 3.05) is 42.1 Å². The van der Waals surface area contributed by atoms with Crippen LogP contribution in [0.15, 0.2) is 18.3 Å². The van der Waals surface area contributed by atoms with Crippen molar-refractivity contribution in [3.8, 4) is 0 Å². The summed E-state index contributed by atoms with van der Waals surface area (Å²) in [5.41, 5.74) is 0.661. The van der Waals surface area contributed by atoms with Gasteiger partial charge in [0.25, 0.3) is 5.91 Å². The quantitative estimate of drug-likeness (QED) is 0.133. The van der Waals surface area contributed by atoms with Crippen molar-refractivity contribution in [1.29, 1.82) is 0 Å². The number of hydrogen-bond acceptors (Lipinski definition) is 4. The van der Waals surface area contributed by atoms with Gasteiger partial charge in [0.15, 0.2) is 0 Å². The molecule has 1 aliphatic heterocycles. The topological polar surface area (TPSA) is 48.5 Å². The van der Waals surface area contributed by atoms with Crippen LogP contribution in [0.25, 0.3) is 0 Å². The molecule has 2 rings (SSSR count). The van der Waals surface area contributed by atoms with E-state index in [-0.39, 0.29) is 5.91 Å². The highest BCUT2D eigenvalue weighted by Crippen LogP contribution is 2.16. The van der Waals surface area contributed by atoms with Gasteiger partial charge in [-0.3, -0.25) is 9.69 Å². The summed E-state index contributed by atoms with van der Waals surface area (Å²) in [7, 11) is 0. The number of carbonyl (C=O) groups is 1. The number of anilines is 1. The van der Waals surface area contributed by atoms with Gasteiger partial charge in [0, 0.05) is 45.0 Å². The number of rotatable bonds is 17. The van der Waals surface area contributed by atoms with Crippen molar-refractivity contribution in [3.05, 3.63) is 23.9 Å². The predicted molar refractivity (Wildman–Crippen MR) is 150 cm³/mol. The minimum Gasteiger partial charge on any atom is -0.354 e. The molecule has 0 saturated carbocycles. The van der Waals surface area contributed by atoms with Crippen molar-refractivity contribution in [2.24, 2.45) is 0 Å². The monoisotopic (exact) mass is 570 g/mol. The zero-order chi connectivity index (χ0) is 23.7. The molecule has 1 saturated heterocycles. The van der Waals surface area contributed by atoms with E-state index in [9.17, 15) is 4.79 Å². The molecule has 6 heteroatoms. The molecule has 1 aromatic heterocycles. The van der Waals surface area contributed by atoms with Gasteiger partial charge in [0.05, 0.1) is 5.56 Å². The van der Waals surface area contributed by atoms with Crippen LogP contribution in [-0.2, 0) is 0 Å². The first-order chi connectivity index (χ1) is 16.1. The summed E-state index contributed by atoms with van der Waals surface area (Å²) in [6.07, 6.45) is 17.8. The number of unbranched alkanes of at least 4 members (excludes halogenated alkanes) is 11. The Morgan fingerprint density at radius 2 is 1.42 bits per heavy atom. The minimum absolute atomic E-state index is 0.00262. The van der Waals surface area contributed by atoms with Crippen molar-refractivity contribution in [1.82, 2.24) is 15.2 Å². The summed E-state index contributed by atoms with van der Waals surface area (Å²) in [6.45, 7) is 9.39. The number of nitrogens with one attached hydrogen (secondary N) is 1. The van der Waals surface area contributed by atoms with Crippen molar-refractivity contribution in [3.63, 3.8) is 0 Å². The number of alkyl halides is 1. The molecule has 0 radical (unpaired) electrons. The molecule has 33 heavy (non-hydrogen) atoms. The zero-order valence-electron chi connectivity index (χ0n) is 21.2. The molecule has 1 amide bonds. The molecule has 1 fully saturated rings. The second-order valence-corrected chi connectivity index (χ2v) is 10.8. The highest BCUT2D eigenvalue weighted by Gasteiger charge is 2.19. The SMILES string of the molecule is CC(C)N1CCN(c2ccc(C(=O)NCCCCCCCCCCCCCCI)cn2)CC1. The van der Waals surface area contributed by atoms with Crippen LogP contribution < -0.4 is 10.2 Å². The van der Waals surface area contributed by atoms with E-state index in [4.69, 9.17) is 0 Å². The van der Waals surface area contributed by atoms with Crippen LogP contribution in [0.3, 0.4) is 0 Å². The van der Waals surface area contributed by atoms with E-state index in [0.29, 0.717) is 11.6 Å². The third-order valence-corrected chi connectivity index (χ3v) is 7.49. The molecule has 2 heterocycles. The number of amides is 1. The van der Waals surface area contributed by atoms with Crippen LogP contribution in [0, 0.1) is 0 Å². The van der Waals surface area contributed by atoms with Gasteiger partial charge in [-0.25, -0.2) is 4.98 Å². The largest absolute Gasteiger partial charge is 0.354 e. The average Bonchev–Trinajstić information content (AvgIpc) is 2.84. The molecule has 1 aromatic rings. The van der Waals surface area contributed by atoms with Gasteiger partial charge in [-0.15, -0.1) is 0 Å². The fourth-order valence-corrected chi connectivity index (χ4v) is 5.01. The van der Waals surface area contributed by atoms with Gasteiger partial charge >= 0.3 is 0 Å². The lowest BCUT2D eigenvalue weighted by molar-refractivity contribution is 0.0952. The molecule has 0 spiro atoms. The first-order valence-electron chi connectivity index (χ1n) is 13.4. The van der Waals surface area contributed by atoms with Gasteiger partial charge in [-0.2, -0.15) is 0 Å². The summed E-state index contributed by atoms with van der Waals surface area (Å²) in [5, 5.41) is 3.06. The summed E-state index contributed by atoms with van der Waals surface area (Å²) < 4.78 is 1.31. The highest BCUT2D eigenvalue weighted by molar-refractivity contribution is 14.1. The minimum atomic E-state index is -0.00262. The van der Waals surface area contributed by atoms with Crippen LogP contribution in [0.4, 0.5) is 5.82 Å². The smallest absolute Gasteiger partial charge is 0.252 e. The molecule has 0 unspecified atom stereocenters. The first kappa shape index (κ1) is 28.3. The number of pyridine rings is 1. The van der Waals surface area contributed by atoms with Gasteiger partial charge in [0.1, 0.15) is 5.82 Å². The molecular weight excluding hydrogens is 523 g/mol. The first-order valence-corrected chi connectivity index (χ1v) is 14.9. The van der Waals surface area contributed by atoms with Crippen molar-refractivity contribution in [2.45, 2.75) is 96.9 Å². The Morgan fingerprint density at radius 3 is 1.91 bits per heavy atom. The van der Waals surface area contributed by atoms with Crippen LogP contribution in [0.1, 0.15) is 101 Å². The van der Waals surface area contributed by atoms with Gasteiger partial charge in [-0.05, 0) is 43.2 Å². The second kappa shape index (κ2) is 17.5. The Hall–Kier alpha value is -0.890. The van der Waals surface area contributed by atoms with E-state index >= 15 is 0 Å². The number of aromatic nitrogens is 1. The molecule has 0 bridgehead atoms. The summed E-state index contributed by atoms with van der Waals surface area (Å²) >= 11 is 2.47. The van der Waals surface area contributed by atoms with E-state index in [1.54, 1.807) is 6.20 Å². The Labute approximate surface area is 216 Å². The van der Waals surface area contributed by atoms with E-state index in [1.165, 1.54) is 75.1 Å². The third-order valence-electron chi connectivity index (χ3n) is 6.72. The molecular formula is C27H47IN4O. The lowest BCUT2D eigenvalue weighted by atomic mass is 10.1. The maximum Gasteiger partial charge on any atom is 0.252 e. The molecule has 188 valence electrons. The van der Waals surface area contributed by atoms with Crippen LogP contribution in [0.5, 0.6) is 0 Å². The average molecular weight is 571 g/mol. The fourth-order valence-electron chi connectivity index (χ4n) is 4.47. The Bertz CT molecular complexity index is 630. The lowest BCUT2D eigenvalue weighted by Crippen LogP contribution is -2.49. The number of piperazine rings is 1. The van der Waals surface area contributed by atoms with E-state index < -0.39 is 0 Å². The Kier molecular flexibility index (Phi) is 15.1. The lowest BCUT2D eigenvalue weighted by Gasteiger charge is -2.37. The molecule has 5 nitrogen and oxygen atoms in total. The maximum atomic E-state index is 12.4. The Balaban J connectivity index is 1.47. The summed E-state index contributed by atoms with van der Waals surface area (Å²) in [5.74, 6) is 0.975. The molecule has 1 aliphatic rings. The van der Waals surface area contributed by atoms with Crippen LogP contribution in [-0.4, -0.2) is 59.0 Å². The van der Waals surface area contributed by atoms with E-state index in [0.717, 1.165) is 45.0 Å². The van der Waals surface area contributed by atoms with Gasteiger partial charge in [0.2, 0.25) is 0 Å². The second-order valence-electron chi connectivity index (χ2n) is 9.71. The van der Waals surface area contributed by atoms with Crippen molar-refractivity contribution >= 4 is 34.3 Å². The maximum absolute atomic E-state index is 12.4. The number of halogens is 1. The molecule has 1 N–H and O–H groups in total. The number of carbonyl (C=O) groups excluding carboxylic acids is 1. The predicted octanol–water partition coefficient (Wildman–Crippen LogP) is 6.46.